The number of thiazole rings is 1. The number of hydrogen-bond acceptors (Lipinski definition) is 4. The van der Waals surface area contributed by atoms with E-state index < -0.39 is 0 Å². The highest BCUT2D eigenvalue weighted by atomic mass is 32.1. The fourth-order valence-corrected chi connectivity index (χ4v) is 2.18. The zero-order chi connectivity index (χ0) is 9.10. The van der Waals surface area contributed by atoms with Crippen LogP contribution in [0.15, 0.2) is 18.3 Å². The summed E-state index contributed by atoms with van der Waals surface area (Å²) in [5.41, 5.74) is 5.53. The van der Waals surface area contributed by atoms with Crippen LogP contribution in [-0.2, 0) is 6.54 Å². The Bertz CT molecular complexity index is 306. The lowest BCUT2D eigenvalue weighted by molar-refractivity contribution is 0.816. The van der Waals surface area contributed by atoms with Gasteiger partial charge in [0.05, 0.1) is 0 Å². The molecule has 13 heavy (non-hydrogen) atoms. The molecule has 0 unspecified atom stereocenters. The smallest absolute Gasteiger partial charge is 0.185 e. The monoisotopic (exact) mass is 195 g/mol. The minimum atomic E-state index is 0.599. The summed E-state index contributed by atoms with van der Waals surface area (Å²) in [6.07, 6.45) is 7.40. The Hall–Kier alpha value is -0.870. The maximum absolute atomic E-state index is 5.53. The van der Waals surface area contributed by atoms with Gasteiger partial charge in [-0.2, -0.15) is 0 Å². The fraction of sp³-hybridized carbons (Fsp3) is 0.444. The van der Waals surface area contributed by atoms with Crippen molar-refractivity contribution < 1.29 is 0 Å². The Morgan fingerprint density at radius 2 is 2.46 bits per heavy atom. The van der Waals surface area contributed by atoms with Crippen LogP contribution in [0.4, 0.5) is 5.13 Å². The molecule has 4 heteroatoms. The molecule has 0 radical (unpaired) electrons. The maximum Gasteiger partial charge on any atom is 0.185 e. The molecule has 0 aliphatic carbocycles. The van der Waals surface area contributed by atoms with E-state index in [0.717, 1.165) is 29.5 Å². The van der Waals surface area contributed by atoms with Crippen LogP contribution in [0, 0.1) is 0 Å². The van der Waals surface area contributed by atoms with Gasteiger partial charge in [-0.3, -0.25) is 0 Å². The van der Waals surface area contributed by atoms with Crippen molar-refractivity contribution in [1.29, 1.82) is 0 Å². The van der Waals surface area contributed by atoms with Gasteiger partial charge in [-0.1, -0.05) is 12.2 Å². The van der Waals surface area contributed by atoms with Gasteiger partial charge in [0.1, 0.15) is 0 Å². The van der Waals surface area contributed by atoms with Crippen LogP contribution in [-0.4, -0.2) is 18.1 Å². The molecule has 0 saturated carbocycles. The van der Waals surface area contributed by atoms with Gasteiger partial charge in [0, 0.05) is 30.7 Å². The predicted octanol–water partition coefficient (Wildman–Crippen LogP) is 1.37. The molecule has 0 atom stereocenters. The van der Waals surface area contributed by atoms with Crippen molar-refractivity contribution in [2.75, 3.05) is 18.0 Å². The first kappa shape index (κ1) is 8.72. The number of nitrogens with two attached hydrogens (primary N) is 1. The van der Waals surface area contributed by atoms with E-state index in [4.69, 9.17) is 5.73 Å². The van der Waals surface area contributed by atoms with Crippen LogP contribution in [0.2, 0.25) is 0 Å². The van der Waals surface area contributed by atoms with Crippen molar-refractivity contribution in [2.24, 2.45) is 5.73 Å². The average Bonchev–Trinajstić information content (AvgIpc) is 2.67. The predicted molar refractivity (Wildman–Crippen MR) is 56.0 cm³/mol. The van der Waals surface area contributed by atoms with E-state index in [0.29, 0.717) is 6.54 Å². The van der Waals surface area contributed by atoms with Gasteiger partial charge in [0.25, 0.3) is 0 Å². The Morgan fingerprint density at radius 1 is 1.54 bits per heavy atom. The number of hydrogen-bond donors (Lipinski definition) is 1. The molecule has 70 valence electrons. The molecule has 2 N–H and O–H groups in total. The molecule has 2 heterocycles. The van der Waals surface area contributed by atoms with Crippen LogP contribution in [0.25, 0.3) is 0 Å². The largest absolute Gasteiger partial charge is 0.344 e. The first-order chi connectivity index (χ1) is 6.40. The van der Waals surface area contributed by atoms with Gasteiger partial charge in [-0.05, 0) is 6.42 Å². The molecule has 0 saturated heterocycles. The minimum absolute atomic E-state index is 0.599. The first-order valence-electron chi connectivity index (χ1n) is 4.45. The highest BCUT2D eigenvalue weighted by Crippen LogP contribution is 2.23. The second-order valence-electron chi connectivity index (χ2n) is 3.02. The van der Waals surface area contributed by atoms with Crippen LogP contribution < -0.4 is 10.6 Å². The van der Waals surface area contributed by atoms with Crippen molar-refractivity contribution in [3.8, 4) is 0 Å². The molecule has 0 fully saturated rings. The molecule has 1 aromatic heterocycles. The molecule has 1 aliphatic heterocycles. The average molecular weight is 195 g/mol. The van der Waals surface area contributed by atoms with Crippen molar-refractivity contribution in [3.05, 3.63) is 23.2 Å². The molecule has 3 nitrogen and oxygen atoms in total. The third kappa shape index (κ3) is 1.89. The number of nitrogens with zero attached hydrogens (tertiary/aromatic N) is 2. The van der Waals surface area contributed by atoms with E-state index in [1.807, 2.05) is 6.20 Å². The second kappa shape index (κ2) is 3.89. The molecule has 1 aliphatic rings. The number of anilines is 1. The molecule has 0 spiro atoms. The molecule has 1 aromatic rings. The minimum Gasteiger partial charge on any atom is -0.344 e. The summed E-state index contributed by atoms with van der Waals surface area (Å²) in [7, 11) is 0. The summed E-state index contributed by atoms with van der Waals surface area (Å²) >= 11 is 1.70. The van der Waals surface area contributed by atoms with Crippen molar-refractivity contribution in [3.63, 3.8) is 0 Å². The third-order valence-electron chi connectivity index (χ3n) is 2.07. The van der Waals surface area contributed by atoms with E-state index in [1.54, 1.807) is 11.3 Å². The summed E-state index contributed by atoms with van der Waals surface area (Å²) in [6, 6.07) is 0. The standard InChI is InChI=1S/C9H13N3S/c10-6-8-7-11-9(13-8)12-4-2-1-3-5-12/h1-2,7H,3-6,10H2. The molecule has 0 amide bonds. The van der Waals surface area contributed by atoms with E-state index in [1.165, 1.54) is 0 Å². The third-order valence-corrected chi connectivity index (χ3v) is 3.15. The summed E-state index contributed by atoms with van der Waals surface area (Å²) in [6.45, 7) is 2.66. The summed E-state index contributed by atoms with van der Waals surface area (Å²) in [5.74, 6) is 0. The van der Waals surface area contributed by atoms with Crippen molar-refractivity contribution in [2.45, 2.75) is 13.0 Å². The molecule has 0 aromatic carbocycles. The summed E-state index contributed by atoms with van der Waals surface area (Å²) in [5, 5.41) is 1.10. The molecule has 0 bridgehead atoms. The van der Waals surface area contributed by atoms with Gasteiger partial charge in [-0.15, -0.1) is 11.3 Å². The van der Waals surface area contributed by atoms with Crippen LogP contribution in [0.3, 0.4) is 0 Å². The highest BCUT2D eigenvalue weighted by molar-refractivity contribution is 7.15. The first-order valence-corrected chi connectivity index (χ1v) is 5.26. The summed E-state index contributed by atoms with van der Waals surface area (Å²) in [4.78, 5) is 7.78. The quantitative estimate of drug-likeness (QED) is 0.725. The Labute approximate surface area is 81.9 Å². The lowest BCUT2D eigenvalue weighted by Gasteiger charge is -2.22. The number of aromatic nitrogens is 1. The lowest BCUT2D eigenvalue weighted by Crippen LogP contribution is -2.26. The SMILES string of the molecule is NCc1cnc(N2CC=CCC2)s1. The van der Waals surface area contributed by atoms with E-state index in [-0.39, 0.29) is 0 Å². The van der Waals surface area contributed by atoms with Crippen LogP contribution in [0.1, 0.15) is 11.3 Å². The van der Waals surface area contributed by atoms with Crippen molar-refractivity contribution >= 4 is 16.5 Å². The maximum atomic E-state index is 5.53. The van der Waals surface area contributed by atoms with Gasteiger partial charge >= 0.3 is 0 Å². The van der Waals surface area contributed by atoms with E-state index in [2.05, 4.69) is 22.0 Å². The Morgan fingerprint density at radius 3 is 3.08 bits per heavy atom. The van der Waals surface area contributed by atoms with Gasteiger partial charge in [-0.25, -0.2) is 4.98 Å². The van der Waals surface area contributed by atoms with Gasteiger partial charge in [0.15, 0.2) is 5.13 Å². The zero-order valence-electron chi connectivity index (χ0n) is 7.44. The van der Waals surface area contributed by atoms with Gasteiger partial charge in [0.2, 0.25) is 0 Å². The van der Waals surface area contributed by atoms with Crippen LogP contribution >= 0.6 is 11.3 Å². The van der Waals surface area contributed by atoms with E-state index >= 15 is 0 Å². The molecular formula is C9H13N3S. The zero-order valence-corrected chi connectivity index (χ0v) is 8.26. The second-order valence-corrected chi connectivity index (χ2v) is 4.11. The normalized spacial score (nSPS) is 16.5. The highest BCUT2D eigenvalue weighted by Gasteiger charge is 2.10. The molecular weight excluding hydrogens is 182 g/mol. The van der Waals surface area contributed by atoms with E-state index in [9.17, 15) is 0 Å². The van der Waals surface area contributed by atoms with Crippen LogP contribution in [0.5, 0.6) is 0 Å². The Balaban J connectivity index is 2.10. The molecule has 2 rings (SSSR count). The lowest BCUT2D eigenvalue weighted by atomic mass is 10.3. The summed E-state index contributed by atoms with van der Waals surface area (Å²) < 4.78 is 0. The fourth-order valence-electron chi connectivity index (χ4n) is 1.35. The number of rotatable bonds is 2. The topological polar surface area (TPSA) is 42.1 Å². The Kier molecular flexibility index (Phi) is 2.61. The van der Waals surface area contributed by atoms with Crippen molar-refractivity contribution in [1.82, 2.24) is 4.98 Å². The van der Waals surface area contributed by atoms with Gasteiger partial charge < -0.3 is 10.6 Å².